The molecule has 14 heavy (non-hydrogen) atoms. The van der Waals surface area contributed by atoms with Gasteiger partial charge in [-0.1, -0.05) is 0 Å². The molecule has 1 fully saturated rings. The summed E-state index contributed by atoms with van der Waals surface area (Å²) in [6.45, 7) is 2.40. The molecule has 0 N–H and O–H groups in total. The van der Waals surface area contributed by atoms with E-state index in [0.717, 1.165) is 6.42 Å². The van der Waals surface area contributed by atoms with E-state index in [0.29, 0.717) is 13.1 Å². The monoisotopic (exact) mass is 201 g/mol. The zero-order valence-electron chi connectivity index (χ0n) is 8.49. The Morgan fingerprint density at radius 2 is 2.21 bits per heavy atom. The standard InChI is InChI=1S/C9H15NO4/c1-7(11)14-6-9(12)10-4-3-8(5-10)13-2/h8H,3-6H2,1-2H3. The summed E-state index contributed by atoms with van der Waals surface area (Å²) in [5, 5.41) is 0. The number of hydrogen-bond acceptors (Lipinski definition) is 4. The molecular weight excluding hydrogens is 186 g/mol. The second kappa shape index (κ2) is 4.95. The van der Waals surface area contributed by atoms with E-state index in [-0.39, 0.29) is 18.6 Å². The molecule has 0 spiro atoms. The molecule has 1 aliphatic rings. The molecule has 0 aromatic rings. The van der Waals surface area contributed by atoms with Crippen molar-refractivity contribution in [2.24, 2.45) is 0 Å². The summed E-state index contributed by atoms with van der Waals surface area (Å²) in [7, 11) is 1.63. The molecule has 1 rings (SSSR count). The van der Waals surface area contributed by atoms with Crippen LogP contribution in [-0.4, -0.2) is 49.7 Å². The fourth-order valence-corrected chi connectivity index (χ4v) is 1.40. The SMILES string of the molecule is COC1CCN(C(=O)COC(C)=O)C1. The molecule has 5 nitrogen and oxygen atoms in total. The summed E-state index contributed by atoms with van der Waals surface area (Å²) in [6, 6.07) is 0. The van der Waals surface area contributed by atoms with Gasteiger partial charge in [0.25, 0.3) is 5.91 Å². The highest BCUT2D eigenvalue weighted by Gasteiger charge is 2.26. The third-order valence-corrected chi connectivity index (χ3v) is 2.23. The number of esters is 1. The first-order valence-electron chi connectivity index (χ1n) is 4.57. The van der Waals surface area contributed by atoms with Crippen LogP contribution in [0.2, 0.25) is 0 Å². The average molecular weight is 201 g/mol. The minimum atomic E-state index is -0.430. The van der Waals surface area contributed by atoms with Crippen molar-refractivity contribution in [1.29, 1.82) is 0 Å². The highest BCUT2D eigenvalue weighted by molar-refractivity contribution is 5.80. The zero-order valence-corrected chi connectivity index (χ0v) is 8.49. The van der Waals surface area contributed by atoms with Crippen LogP contribution in [0.4, 0.5) is 0 Å². The third kappa shape index (κ3) is 2.99. The Bertz CT molecular complexity index is 229. The van der Waals surface area contributed by atoms with Crippen molar-refractivity contribution in [3.05, 3.63) is 0 Å². The topological polar surface area (TPSA) is 55.8 Å². The van der Waals surface area contributed by atoms with Gasteiger partial charge < -0.3 is 14.4 Å². The van der Waals surface area contributed by atoms with Crippen LogP contribution >= 0.6 is 0 Å². The molecule has 1 saturated heterocycles. The summed E-state index contributed by atoms with van der Waals surface area (Å²) >= 11 is 0. The van der Waals surface area contributed by atoms with Gasteiger partial charge in [0.2, 0.25) is 0 Å². The van der Waals surface area contributed by atoms with Crippen LogP contribution in [0, 0.1) is 0 Å². The minimum absolute atomic E-state index is 0.122. The van der Waals surface area contributed by atoms with E-state index in [2.05, 4.69) is 4.74 Å². The van der Waals surface area contributed by atoms with E-state index in [1.807, 2.05) is 0 Å². The second-order valence-electron chi connectivity index (χ2n) is 3.27. The van der Waals surface area contributed by atoms with Gasteiger partial charge in [0, 0.05) is 27.1 Å². The van der Waals surface area contributed by atoms with Crippen molar-refractivity contribution < 1.29 is 19.1 Å². The number of rotatable bonds is 3. The highest BCUT2D eigenvalue weighted by atomic mass is 16.5. The van der Waals surface area contributed by atoms with Crippen LogP contribution < -0.4 is 0 Å². The molecule has 5 heteroatoms. The van der Waals surface area contributed by atoms with E-state index in [1.54, 1.807) is 12.0 Å². The lowest BCUT2D eigenvalue weighted by Gasteiger charge is -2.15. The van der Waals surface area contributed by atoms with Crippen LogP contribution in [0.5, 0.6) is 0 Å². The van der Waals surface area contributed by atoms with Gasteiger partial charge in [-0.3, -0.25) is 9.59 Å². The predicted octanol–water partition coefficient (Wildman–Crippen LogP) is -0.203. The van der Waals surface area contributed by atoms with Gasteiger partial charge in [0.05, 0.1) is 6.10 Å². The molecule has 1 amide bonds. The van der Waals surface area contributed by atoms with Gasteiger partial charge in [-0.25, -0.2) is 0 Å². The van der Waals surface area contributed by atoms with Gasteiger partial charge in [-0.05, 0) is 6.42 Å². The number of ether oxygens (including phenoxy) is 2. The quantitative estimate of drug-likeness (QED) is 0.593. The number of nitrogens with zero attached hydrogens (tertiary/aromatic N) is 1. The summed E-state index contributed by atoms with van der Waals surface area (Å²) in [5.41, 5.74) is 0. The smallest absolute Gasteiger partial charge is 0.303 e. The first kappa shape index (κ1) is 11.0. The van der Waals surface area contributed by atoms with Crippen LogP contribution in [0.25, 0.3) is 0 Å². The number of likely N-dealkylation sites (tertiary alicyclic amines) is 1. The molecule has 1 heterocycles. The van der Waals surface area contributed by atoms with Gasteiger partial charge in [0.1, 0.15) is 0 Å². The van der Waals surface area contributed by atoms with E-state index in [4.69, 9.17) is 4.74 Å². The van der Waals surface area contributed by atoms with Crippen molar-refractivity contribution in [2.75, 3.05) is 26.8 Å². The molecule has 1 aliphatic heterocycles. The maximum absolute atomic E-state index is 11.4. The Kier molecular flexibility index (Phi) is 3.88. The minimum Gasteiger partial charge on any atom is -0.456 e. The average Bonchev–Trinajstić information content (AvgIpc) is 2.62. The van der Waals surface area contributed by atoms with E-state index in [9.17, 15) is 9.59 Å². The Labute approximate surface area is 83.0 Å². The van der Waals surface area contributed by atoms with Gasteiger partial charge in [-0.2, -0.15) is 0 Å². The molecule has 1 unspecified atom stereocenters. The molecule has 0 bridgehead atoms. The summed E-state index contributed by atoms with van der Waals surface area (Å²) in [4.78, 5) is 23.5. The Morgan fingerprint density at radius 1 is 1.50 bits per heavy atom. The lowest BCUT2D eigenvalue weighted by molar-refractivity contribution is -0.149. The van der Waals surface area contributed by atoms with E-state index >= 15 is 0 Å². The fourth-order valence-electron chi connectivity index (χ4n) is 1.40. The number of amides is 1. The Morgan fingerprint density at radius 3 is 2.71 bits per heavy atom. The lowest BCUT2D eigenvalue weighted by Crippen LogP contribution is -2.33. The Balaban J connectivity index is 2.28. The van der Waals surface area contributed by atoms with Crippen LogP contribution in [0.3, 0.4) is 0 Å². The molecule has 0 radical (unpaired) electrons. The highest BCUT2D eigenvalue weighted by Crippen LogP contribution is 2.11. The van der Waals surface area contributed by atoms with Crippen LogP contribution in [-0.2, 0) is 19.1 Å². The van der Waals surface area contributed by atoms with Gasteiger partial charge in [0.15, 0.2) is 6.61 Å². The number of methoxy groups -OCH3 is 1. The van der Waals surface area contributed by atoms with Gasteiger partial charge >= 0.3 is 5.97 Å². The van der Waals surface area contributed by atoms with E-state index < -0.39 is 5.97 Å². The van der Waals surface area contributed by atoms with Crippen LogP contribution in [0.15, 0.2) is 0 Å². The molecular formula is C9H15NO4. The fraction of sp³-hybridized carbons (Fsp3) is 0.778. The second-order valence-corrected chi connectivity index (χ2v) is 3.27. The van der Waals surface area contributed by atoms with Crippen molar-refractivity contribution in [2.45, 2.75) is 19.4 Å². The molecule has 0 saturated carbocycles. The summed E-state index contributed by atoms with van der Waals surface area (Å²) < 4.78 is 9.73. The van der Waals surface area contributed by atoms with E-state index in [1.165, 1.54) is 6.92 Å². The molecule has 0 aromatic heterocycles. The van der Waals surface area contributed by atoms with Crippen molar-refractivity contribution in [1.82, 2.24) is 4.90 Å². The largest absolute Gasteiger partial charge is 0.456 e. The Hall–Kier alpha value is -1.10. The number of carbonyl (C=O) groups excluding carboxylic acids is 2. The maximum Gasteiger partial charge on any atom is 0.303 e. The maximum atomic E-state index is 11.4. The predicted molar refractivity (Wildman–Crippen MR) is 48.6 cm³/mol. The normalized spacial score (nSPS) is 21.0. The van der Waals surface area contributed by atoms with Crippen molar-refractivity contribution in [3.63, 3.8) is 0 Å². The lowest BCUT2D eigenvalue weighted by atomic mass is 10.3. The van der Waals surface area contributed by atoms with Crippen LogP contribution in [0.1, 0.15) is 13.3 Å². The van der Waals surface area contributed by atoms with Gasteiger partial charge in [-0.15, -0.1) is 0 Å². The molecule has 0 aliphatic carbocycles. The summed E-state index contributed by atoms with van der Waals surface area (Å²) in [6.07, 6.45) is 0.971. The molecule has 1 atom stereocenters. The van der Waals surface area contributed by atoms with Crippen molar-refractivity contribution in [3.8, 4) is 0 Å². The molecule has 80 valence electrons. The molecule has 0 aromatic carbocycles. The first-order valence-corrected chi connectivity index (χ1v) is 4.57. The number of carbonyl (C=O) groups is 2. The first-order chi connectivity index (χ1) is 6.63. The zero-order chi connectivity index (χ0) is 10.6. The van der Waals surface area contributed by atoms with Crippen molar-refractivity contribution >= 4 is 11.9 Å². The third-order valence-electron chi connectivity index (χ3n) is 2.23. The summed E-state index contributed by atoms with van der Waals surface area (Å²) in [5.74, 6) is -0.583. The number of hydrogen-bond donors (Lipinski definition) is 0.